The molecule has 0 aliphatic carbocycles. The van der Waals surface area contributed by atoms with Gasteiger partial charge in [-0.3, -0.25) is 9.59 Å². The van der Waals surface area contributed by atoms with E-state index in [1.807, 2.05) is 17.0 Å². The Kier molecular flexibility index (Phi) is 6.94. The van der Waals surface area contributed by atoms with E-state index in [1.54, 1.807) is 44.6 Å². The number of ether oxygens (including phenoxy) is 2. The van der Waals surface area contributed by atoms with Gasteiger partial charge in [-0.25, -0.2) is 0 Å². The first kappa shape index (κ1) is 20.5. The van der Waals surface area contributed by atoms with Gasteiger partial charge in [-0.1, -0.05) is 0 Å². The fourth-order valence-corrected chi connectivity index (χ4v) is 3.30. The van der Waals surface area contributed by atoms with Crippen molar-refractivity contribution >= 4 is 23.2 Å². The van der Waals surface area contributed by atoms with Crippen molar-refractivity contribution in [1.29, 1.82) is 0 Å². The molecule has 29 heavy (non-hydrogen) atoms. The number of carbonyl (C=O) groups excluding carboxylic acids is 2. The SMILES string of the molecule is COc1ccc(OC)c(NC(=O)CNc2ccc(C(=O)N3CCCCC3)cc2)c1. The largest absolute Gasteiger partial charge is 0.497 e. The lowest BCUT2D eigenvalue weighted by atomic mass is 10.1. The molecule has 1 fully saturated rings. The number of piperidine rings is 1. The van der Waals surface area contributed by atoms with Crippen LogP contribution in [0, 0.1) is 0 Å². The molecule has 7 nitrogen and oxygen atoms in total. The highest BCUT2D eigenvalue weighted by atomic mass is 16.5. The van der Waals surface area contributed by atoms with Crippen molar-refractivity contribution in [3.63, 3.8) is 0 Å². The molecular weight excluding hydrogens is 370 g/mol. The number of methoxy groups -OCH3 is 2. The van der Waals surface area contributed by atoms with Crippen LogP contribution < -0.4 is 20.1 Å². The molecule has 0 aromatic heterocycles. The summed E-state index contributed by atoms with van der Waals surface area (Å²) in [7, 11) is 3.11. The molecule has 7 heteroatoms. The standard InChI is InChI=1S/C22H27N3O4/c1-28-18-10-11-20(29-2)19(14-18)24-21(26)15-23-17-8-6-16(7-9-17)22(27)25-12-4-3-5-13-25/h6-11,14,23H,3-5,12-13,15H2,1-2H3,(H,24,26). The van der Waals surface area contributed by atoms with Crippen LogP contribution in [0.1, 0.15) is 29.6 Å². The van der Waals surface area contributed by atoms with E-state index < -0.39 is 0 Å². The summed E-state index contributed by atoms with van der Waals surface area (Å²) < 4.78 is 10.5. The Bertz CT molecular complexity index is 846. The first-order valence-corrected chi connectivity index (χ1v) is 9.76. The molecule has 2 aromatic carbocycles. The minimum Gasteiger partial charge on any atom is -0.497 e. The smallest absolute Gasteiger partial charge is 0.253 e. The molecule has 1 saturated heterocycles. The number of amides is 2. The van der Waals surface area contributed by atoms with E-state index >= 15 is 0 Å². The Morgan fingerprint density at radius 2 is 1.69 bits per heavy atom. The summed E-state index contributed by atoms with van der Waals surface area (Å²) in [4.78, 5) is 26.7. The third kappa shape index (κ3) is 5.40. The van der Waals surface area contributed by atoms with Crippen molar-refractivity contribution in [3.8, 4) is 11.5 Å². The topological polar surface area (TPSA) is 79.9 Å². The molecule has 2 amide bonds. The second-order valence-corrected chi connectivity index (χ2v) is 6.90. The summed E-state index contributed by atoms with van der Waals surface area (Å²) in [5, 5.41) is 5.88. The molecule has 2 aromatic rings. The number of carbonyl (C=O) groups is 2. The van der Waals surface area contributed by atoms with E-state index in [2.05, 4.69) is 10.6 Å². The molecule has 1 aliphatic heterocycles. The normalized spacial score (nSPS) is 13.5. The van der Waals surface area contributed by atoms with Gasteiger partial charge in [0, 0.05) is 30.4 Å². The van der Waals surface area contributed by atoms with Crippen molar-refractivity contribution in [2.45, 2.75) is 19.3 Å². The predicted octanol–water partition coefficient (Wildman–Crippen LogP) is 3.38. The maximum absolute atomic E-state index is 12.5. The number of nitrogens with zero attached hydrogens (tertiary/aromatic N) is 1. The lowest BCUT2D eigenvalue weighted by Crippen LogP contribution is -2.35. The lowest BCUT2D eigenvalue weighted by molar-refractivity contribution is -0.114. The maximum atomic E-state index is 12.5. The Hall–Kier alpha value is -3.22. The number of benzene rings is 2. The third-order valence-corrected chi connectivity index (χ3v) is 4.91. The molecule has 0 radical (unpaired) electrons. The number of hydrogen-bond donors (Lipinski definition) is 2. The molecule has 0 unspecified atom stereocenters. The zero-order chi connectivity index (χ0) is 20.6. The Labute approximate surface area is 171 Å². The van der Waals surface area contributed by atoms with Crippen LogP contribution in [0.2, 0.25) is 0 Å². The molecule has 1 aliphatic rings. The third-order valence-electron chi connectivity index (χ3n) is 4.91. The van der Waals surface area contributed by atoms with Crippen LogP contribution in [0.4, 0.5) is 11.4 Å². The summed E-state index contributed by atoms with van der Waals surface area (Å²) in [5.74, 6) is 1.03. The lowest BCUT2D eigenvalue weighted by Gasteiger charge is -2.26. The van der Waals surface area contributed by atoms with Gasteiger partial charge in [-0.05, 0) is 55.7 Å². The highest BCUT2D eigenvalue weighted by Gasteiger charge is 2.18. The highest BCUT2D eigenvalue weighted by molar-refractivity contribution is 5.96. The average Bonchev–Trinajstić information content (AvgIpc) is 2.78. The van der Waals surface area contributed by atoms with Crippen molar-refractivity contribution in [2.24, 2.45) is 0 Å². The van der Waals surface area contributed by atoms with Gasteiger partial charge < -0.3 is 25.0 Å². The monoisotopic (exact) mass is 397 g/mol. The fraction of sp³-hybridized carbons (Fsp3) is 0.364. The summed E-state index contributed by atoms with van der Waals surface area (Å²) in [6.45, 7) is 1.74. The van der Waals surface area contributed by atoms with Gasteiger partial charge in [-0.15, -0.1) is 0 Å². The minimum absolute atomic E-state index is 0.0686. The number of hydrogen-bond acceptors (Lipinski definition) is 5. The fourth-order valence-electron chi connectivity index (χ4n) is 3.30. The van der Waals surface area contributed by atoms with E-state index in [-0.39, 0.29) is 18.4 Å². The molecule has 0 atom stereocenters. The molecular formula is C22H27N3O4. The molecule has 154 valence electrons. The van der Waals surface area contributed by atoms with Gasteiger partial charge in [0.05, 0.1) is 26.5 Å². The predicted molar refractivity (Wildman–Crippen MR) is 113 cm³/mol. The number of anilines is 2. The van der Waals surface area contributed by atoms with Gasteiger partial charge in [0.1, 0.15) is 11.5 Å². The van der Waals surface area contributed by atoms with Crippen molar-refractivity contribution in [3.05, 3.63) is 48.0 Å². The van der Waals surface area contributed by atoms with E-state index in [1.165, 1.54) is 6.42 Å². The average molecular weight is 397 g/mol. The number of rotatable bonds is 7. The zero-order valence-electron chi connectivity index (χ0n) is 16.9. The first-order chi connectivity index (χ1) is 14.1. The van der Waals surface area contributed by atoms with Gasteiger partial charge in [0.2, 0.25) is 5.91 Å². The van der Waals surface area contributed by atoms with Crippen LogP contribution in [-0.4, -0.2) is 50.6 Å². The van der Waals surface area contributed by atoms with Crippen LogP contribution >= 0.6 is 0 Å². The first-order valence-electron chi connectivity index (χ1n) is 9.76. The Morgan fingerprint density at radius 1 is 0.966 bits per heavy atom. The van der Waals surface area contributed by atoms with E-state index in [0.717, 1.165) is 31.6 Å². The molecule has 0 spiro atoms. The molecule has 1 heterocycles. The van der Waals surface area contributed by atoms with Crippen LogP contribution in [0.25, 0.3) is 0 Å². The molecule has 0 saturated carbocycles. The van der Waals surface area contributed by atoms with Crippen molar-refractivity contribution in [2.75, 3.05) is 44.5 Å². The summed E-state index contributed by atoms with van der Waals surface area (Å²) in [5.41, 5.74) is 1.98. The summed E-state index contributed by atoms with van der Waals surface area (Å²) in [6, 6.07) is 12.4. The number of nitrogens with one attached hydrogen (secondary N) is 2. The van der Waals surface area contributed by atoms with E-state index in [4.69, 9.17) is 9.47 Å². The molecule has 2 N–H and O–H groups in total. The summed E-state index contributed by atoms with van der Waals surface area (Å²) in [6.07, 6.45) is 3.33. The second-order valence-electron chi connectivity index (χ2n) is 6.90. The van der Waals surface area contributed by atoms with Gasteiger partial charge >= 0.3 is 0 Å². The van der Waals surface area contributed by atoms with Crippen LogP contribution in [-0.2, 0) is 4.79 Å². The van der Waals surface area contributed by atoms with Gasteiger partial charge in [0.15, 0.2) is 0 Å². The van der Waals surface area contributed by atoms with E-state index in [0.29, 0.717) is 22.7 Å². The quantitative estimate of drug-likeness (QED) is 0.749. The molecule has 0 bridgehead atoms. The Balaban J connectivity index is 1.54. The van der Waals surface area contributed by atoms with Crippen LogP contribution in [0.3, 0.4) is 0 Å². The number of likely N-dealkylation sites (tertiary alicyclic amines) is 1. The second kappa shape index (κ2) is 9.82. The van der Waals surface area contributed by atoms with E-state index in [9.17, 15) is 9.59 Å². The zero-order valence-corrected chi connectivity index (χ0v) is 16.9. The van der Waals surface area contributed by atoms with Crippen molar-refractivity contribution < 1.29 is 19.1 Å². The molecule has 3 rings (SSSR count). The Morgan fingerprint density at radius 3 is 2.34 bits per heavy atom. The van der Waals surface area contributed by atoms with Gasteiger partial charge in [-0.2, -0.15) is 0 Å². The van der Waals surface area contributed by atoms with Crippen molar-refractivity contribution in [1.82, 2.24) is 4.90 Å². The maximum Gasteiger partial charge on any atom is 0.253 e. The minimum atomic E-state index is -0.218. The van der Waals surface area contributed by atoms with Gasteiger partial charge in [0.25, 0.3) is 5.91 Å². The highest BCUT2D eigenvalue weighted by Crippen LogP contribution is 2.28. The van der Waals surface area contributed by atoms with Crippen LogP contribution in [0.15, 0.2) is 42.5 Å². The van der Waals surface area contributed by atoms with Crippen LogP contribution in [0.5, 0.6) is 11.5 Å². The summed E-state index contributed by atoms with van der Waals surface area (Å²) >= 11 is 0.